The molecule has 1 fully saturated rings. The second kappa shape index (κ2) is 7.64. The van der Waals surface area contributed by atoms with Crippen molar-refractivity contribution >= 4 is 12.4 Å². The smallest absolute Gasteiger partial charge is 0.127 e. The molecular weight excluding hydrogens is 239 g/mol. The average Bonchev–Trinajstić information content (AvgIpc) is 2.33. The summed E-state index contributed by atoms with van der Waals surface area (Å²) < 4.78 is 13.3. The van der Waals surface area contributed by atoms with E-state index in [0.29, 0.717) is 12.5 Å². The van der Waals surface area contributed by atoms with Gasteiger partial charge in [-0.15, -0.1) is 12.4 Å². The number of hydrogen-bond acceptors (Lipinski definition) is 2. The van der Waals surface area contributed by atoms with Gasteiger partial charge in [-0.25, -0.2) is 4.39 Å². The van der Waals surface area contributed by atoms with Crippen LogP contribution in [-0.2, 0) is 6.54 Å². The normalized spacial score (nSPS) is 19.7. The Labute approximate surface area is 108 Å². The molecule has 0 saturated carbocycles. The third kappa shape index (κ3) is 4.62. The molecule has 0 radical (unpaired) electrons. The zero-order chi connectivity index (χ0) is 11.2. The van der Waals surface area contributed by atoms with Gasteiger partial charge in [0, 0.05) is 12.1 Å². The molecule has 0 aromatic heterocycles. The Balaban J connectivity index is 0.00000144. The van der Waals surface area contributed by atoms with Crippen molar-refractivity contribution < 1.29 is 4.39 Å². The highest BCUT2D eigenvalue weighted by atomic mass is 35.5. The maximum absolute atomic E-state index is 13.3. The van der Waals surface area contributed by atoms with Crippen LogP contribution in [-0.4, -0.2) is 19.6 Å². The average molecular weight is 259 g/mol. The van der Waals surface area contributed by atoms with E-state index in [1.54, 1.807) is 6.07 Å². The van der Waals surface area contributed by atoms with E-state index in [4.69, 9.17) is 0 Å². The Morgan fingerprint density at radius 2 is 2.18 bits per heavy atom. The topological polar surface area (TPSA) is 24.1 Å². The monoisotopic (exact) mass is 258 g/mol. The molecule has 4 heteroatoms. The minimum absolute atomic E-state index is 0. The molecule has 1 aliphatic heterocycles. The first-order valence-electron chi connectivity index (χ1n) is 6.01. The van der Waals surface area contributed by atoms with Crippen LogP contribution in [0.4, 0.5) is 4.39 Å². The number of rotatable bonds is 4. The van der Waals surface area contributed by atoms with Gasteiger partial charge in [-0.1, -0.05) is 18.2 Å². The number of halogens is 2. The van der Waals surface area contributed by atoms with Gasteiger partial charge in [0.15, 0.2) is 0 Å². The van der Waals surface area contributed by atoms with Crippen molar-refractivity contribution in [2.75, 3.05) is 19.6 Å². The first-order valence-corrected chi connectivity index (χ1v) is 6.01. The Bertz CT molecular complexity index is 327. The zero-order valence-electron chi connectivity index (χ0n) is 9.92. The zero-order valence-corrected chi connectivity index (χ0v) is 10.7. The number of benzene rings is 1. The van der Waals surface area contributed by atoms with E-state index >= 15 is 0 Å². The largest absolute Gasteiger partial charge is 0.316 e. The molecule has 1 aliphatic rings. The molecule has 2 rings (SSSR count). The first-order chi connectivity index (χ1) is 7.86. The van der Waals surface area contributed by atoms with Crippen molar-refractivity contribution in [2.45, 2.75) is 19.4 Å². The lowest BCUT2D eigenvalue weighted by atomic mass is 10.00. The molecule has 1 heterocycles. The van der Waals surface area contributed by atoms with Gasteiger partial charge in [-0.3, -0.25) is 0 Å². The second-order valence-electron chi connectivity index (χ2n) is 4.43. The summed E-state index contributed by atoms with van der Waals surface area (Å²) in [7, 11) is 0. The molecule has 1 aromatic carbocycles. The van der Waals surface area contributed by atoms with Gasteiger partial charge in [0.05, 0.1) is 0 Å². The van der Waals surface area contributed by atoms with Gasteiger partial charge in [-0.2, -0.15) is 0 Å². The van der Waals surface area contributed by atoms with Crippen LogP contribution in [0.3, 0.4) is 0 Å². The van der Waals surface area contributed by atoms with Gasteiger partial charge in [-0.05, 0) is 44.5 Å². The van der Waals surface area contributed by atoms with Gasteiger partial charge in [0.2, 0.25) is 0 Å². The summed E-state index contributed by atoms with van der Waals surface area (Å²) in [5, 5.41) is 6.71. The predicted octanol–water partition coefficient (Wildman–Crippen LogP) is 2.34. The fourth-order valence-corrected chi connectivity index (χ4v) is 2.15. The maximum Gasteiger partial charge on any atom is 0.127 e. The highest BCUT2D eigenvalue weighted by Gasteiger charge is 2.12. The van der Waals surface area contributed by atoms with Gasteiger partial charge in [0.1, 0.15) is 5.82 Å². The molecule has 2 N–H and O–H groups in total. The van der Waals surface area contributed by atoms with E-state index in [1.807, 2.05) is 12.1 Å². The summed E-state index contributed by atoms with van der Waals surface area (Å²) in [6.45, 7) is 3.83. The lowest BCUT2D eigenvalue weighted by Gasteiger charge is -2.23. The molecular formula is C13H20ClFN2. The molecule has 0 aliphatic carbocycles. The quantitative estimate of drug-likeness (QED) is 0.866. The number of nitrogens with one attached hydrogen (secondary N) is 2. The van der Waals surface area contributed by atoms with Crippen LogP contribution >= 0.6 is 12.4 Å². The molecule has 1 aromatic rings. The summed E-state index contributed by atoms with van der Waals surface area (Å²) >= 11 is 0. The molecule has 1 atom stereocenters. The molecule has 1 unspecified atom stereocenters. The van der Waals surface area contributed by atoms with Crippen molar-refractivity contribution in [3.05, 3.63) is 35.6 Å². The molecule has 0 amide bonds. The van der Waals surface area contributed by atoms with Crippen LogP contribution in [0, 0.1) is 11.7 Å². The summed E-state index contributed by atoms with van der Waals surface area (Å²) in [4.78, 5) is 0. The minimum Gasteiger partial charge on any atom is -0.316 e. The SMILES string of the molecule is Cl.Fc1ccccc1CNCC1CCCNC1. The minimum atomic E-state index is -0.114. The molecule has 0 spiro atoms. The van der Waals surface area contributed by atoms with Crippen molar-refractivity contribution in [1.29, 1.82) is 0 Å². The standard InChI is InChI=1S/C13H19FN2.ClH/c14-13-6-2-1-5-12(13)10-16-9-11-4-3-7-15-8-11;/h1-2,5-6,11,15-16H,3-4,7-10H2;1H. The van der Waals surface area contributed by atoms with Crippen LogP contribution < -0.4 is 10.6 Å². The Morgan fingerprint density at radius 1 is 1.35 bits per heavy atom. The Kier molecular flexibility index (Phi) is 6.48. The van der Waals surface area contributed by atoms with E-state index < -0.39 is 0 Å². The fraction of sp³-hybridized carbons (Fsp3) is 0.538. The predicted molar refractivity (Wildman–Crippen MR) is 70.9 cm³/mol. The lowest BCUT2D eigenvalue weighted by molar-refractivity contribution is 0.359. The molecule has 2 nitrogen and oxygen atoms in total. The van der Waals surface area contributed by atoms with E-state index in [-0.39, 0.29) is 18.2 Å². The van der Waals surface area contributed by atoms with Crippen molar-refractivity contribution in [1.82, 2.24) is 10.6 Å². The van der Waals surface area contributed by atoms with Crippen molar-refractivity contribution in [2.24, 2.45) is 5.92 Å². The highest BCUT2D eigenvalue weighted by molar-refractivity contribution is 5.85. The van der Waals surface area contributed by atoms with E-state index in [0.717, 1.165) is 25.2 Å². The summed E-state index contributed by atoms with van der Waals surface area (Å²) in [5.74, 6) is 0.581. The summed E-state index contributed by atoms with van der Waals surface area (Å²) in [5.41, 5.74) is 0.756. The van der Waals surface area contributed by atoms with Crippen molar-refractivity contribution in [3.63, 3.8) is 0 Å². The lowest BCUT2D eigenvalue weighted by Crippen LogP contribution is -2.35. The van der Waals surface area contributed by atoms with Crippen LogP contribution in [0.5, 0.6) is 0 Å². The van der Waals surface area contributed by atoms with Crippen LogP contribution in [0.2, 0.25) is 0 Å². The van der Waals surface area contributed by atoms with Crippen LogP contribution in [0.1, 0.15) is 18.4 Å². The Hall–Kier alpha value is -0.640. The van der Waals surface area contributed by atoms with Gasteiger partial charge < -0.3 is 10.6 Å². The Morgan fingerprint density at radius 3 is 2.88 bits per heavy atom. The second-order valence-corrected chi connectivity index (χ2v) is 4.43. The third-order valence-corrected chi connectivity index (χ3v) is 3.11. The molecule has 17 heavy (non-hydrogen) atoms. The molecule has 1 saturated heterocycles. The van der Waals surface area contributed by atoms with Gasteiger partial charge >= 0.3 is 0 Å². The van der Waals surface area contributed by atoms with E-state index in [9.17, 15) is 4.39 Å². The number of hydrogen-bond donors (Lipinski definition) is 2. The van der Waals surface area contributed by atoms with Crippen molar-refractivity contribution in [3.8, 4) is 0 Å². The molecule has 96 valence electrons. The van der Waals surface area contributed by atoms with E-state index in [1.165, 1.54) is 18.9 Å². The van der Waals surface area contributed by atoms with E-state index in [2.05, 4.69) is 10.6 Å². The van der Waals surface area contributed by atoms with Gasteiger partial charge in [0.25, 0.3) is 0 Å². The summed E-state index contributed by atoms with van der Waals surface area (Å²) in [6.07, 6.45) is 2.53. The van der Waals surface area contributed by atoms with Crippen LogP contribution in [0.25, 0.3) is 0 Å². The fourth-order valence-electron chi connectivity index (χ4n) is 2.15. The number of piperidine rings is 1. The first kappa shape index (κ1) is 14.4. The van der Waals surface area contributed by atoms with Crippen LogP contribution in [0.15, 0.2) is 24.3 Å². The highest BCUT2D eigenvalue weighted by Crippen LogP contribution is 2.09. The maximum atomic E-state index is 13.3. The third-order valence-electron chi connectivity index (χ3n) is 3.11. The molecule has 0 bridgehead atoms. The summed E-state index contributed by atoms with van der Waals surface area (Å²) in [6, 6.07) is 6.95.